The molecule has 0 aromatic carbocycles. The zero-order valence-electron chi connectivity index (χ0n) is 9.07. The van der Waals surface area contributed by atoms with Crippen molar-refractivity contribution in [1.82, 2.24) is 9.78 Å². The molecule has 0 unspecified atom stereocenters. The quantitative estimate of drug-likeness (QED) is 0.767. The number of rotatable bonds is 4. The predicted molar refractivity (Wildman–Crippen MR) is 60.7 cm³/mol. The Labute approximate surface area is 94.7 Å². The third kappa shape index (κ3) is 3.50. The first kappa shape index (κ1) is 12.5. The first-order valence-corrected chi connectivity index (χ1v) is 7.24. The van der Waals surface area contributed by atoms with Crippen LogP contribution in [0.25, 0.3) is 0 Å². The minimum atomic E-state index is -3.41. The highest BCUT2D eigenvalue weighted by molar-refractivity contribution is 8.13. The molecule has 0 bridgehead atoms. The van der Waals surface area contributed by atoms with Crippen molar-refractivity contribution >= 4 is 19.7 Å². The van der Waals surface area contributed by atoms with E-state index in [2.05, 4.69) is 5.10 Å². The molecule has 1 aromatic rings. The molecule has 86 valence electrons. The Morgan fingerprint density at radius 1 is 1.53 bits per heavy atom. The Morgan fingerprint density at radius 2 is 2.13 bits per heavy atom. The monoisotopic (exact) mass is 250 g/mol. The van der Waals surface area contributed by atoms with Crippen molar-refractivity contribution in [3.63, 3.8) is 0 Å². The number of hydrogen-bond donors (Lipinski definition) is 0. The summed E-state index contributed by atoms with van der Waals surface area (Å²) in [7, 11) is 1.73. The summed E-state index contributed by atoms with van der Waals surface area (Å²) in [5.41, 5.74) is 1.94. The van der Waals surface area contributed by atoms with Crippen LogP contribution in [0.2, 0.25) is 0 Å². The normalized spacial score (nSPS) is 12.3. The van der Waals surface area contributed by atoms with Gasteiger partial charge in [0.2, 0.25) is 9.05 Å². The number of hydrogen-bond acceptors (Lipinski definition) is 3. The molecular weight excluding hydrogens is 236 g/mol. The van der Waals surface area contributed by atoms with Gasteiger partial charge in [0.1, 0.15) is 0 Å². The van der Waals surface area contributed by atoms with Gasteiger partial charge >= 0.3 is 0 Å². The van der Waals surface area contributed by atoms with Crippen molar-refractivity contribution < 1.29 is 8.42 Å². The standard InChI is InChI=1S/C9H15ClN2O2S/c1-7(2)12-8(3)9(6-11-12)4-5-15(10,13)14/h6-7H,4-5H2,1-3H3. The molecule has 1 heterocycles. The van der Waals surface area contributed by atoms with E-state index in [0.29, 0.717) is 6.42 Å². The van der Waals surface area contributed by atoms with Gasteiger partial charge in [0.05, 0.1) is 11.9 Å². The Kier molecular flexibility index (Phi) is 3.78. The van der Waals surface area contributed by atoms with Crippen LogP contribution in [0.15, 0.2) is 6.20 Å². The Morgan fingerprint density at radius 3 is 2.53 bits per heavy atom. The minimum absolute atomic E-state index is 0.0425. The van der Waals surface area contributed by atoms with Crippen molar-refractivity contribution in [3.8, 4) is 0 Å². The summed E-state index contributed by atoms with van der Waals surface area (Å²) >= 11 is 0. The van der Waals surface area contributed by atoms with E-state index in [-0.39, 0.29) is 11.8 Å². The SMILES string of the molecule is Cc1c(CCS(=O)(=O)Cl)cnn1C(C)C. The Hall–Kier alpha value is -0.550. The lowest BCUT2D eigenvalue weighted by molar-refractivity contribution is 0.518. The van der Waals surface area contributed by atoms with E-state index < -0.39 is 9.05 Å². The lowest BCUT2D eigenvalue weighted by Crippen LogP contribution is -2.06. The average molecular weight is 251 g/mol. The summed E-state index contributed by atoms with van der Waals surface area (Å²) in [5, 5.41) is 4.19. The molecule has 1 rings (SSSR count). The highest BCUT2D eigenvalue weighted by Crippen LogP contribution is 2.14. The molecule has 0 radical (unpaired) electrons. The summed E-state index contributed by atoms with van der Waals surface area (Å²) in [4.78, 5) is 0. The van der Waals surface area contributed by atoms with Crippen molar-refractivity contribution in [2.75, 3.05) is 5.75 Å². The fourth-order valence-corrected chi connectivity index (χ4v) is 2.15. The van der Waals surface area contributed by atoms with Gasteiger partial charge < -0.3 is 0 Å². The second kappa shape index (κ2) is 4.53. The van der Waals surface area contributed by atoms with Gasteiger partial charge in [-0.25, -0.2) is 8.42 Å². The molecule has 0 fully saturated rings. The van der Waals surface area contributed by atoms with E-state index in [4.69, 9.17) is 10.7 Å². The van der Waals surface area contributed by atoms with Crippen LogP contribution in [0.5, 0.6) is 0 Å². The Balaban J connectivity index is 2.80. The second-order valence-corrected chi connectivity index (χ2v) is 6.68. The van der Waals surface area contributed by atoms with Gasteiger partial charge in [-0.2, -0.15) is 5.10 Å². The van der Waals surface area contributed by atoms with E-state index in [0.717, 1.165) is 11.3 Å². The van der Waals surface area contributed by atoms with Crippen molar-refractivity contribution in [2.45, 2.75) is 33.2 Å². The summed E-state index contributed by atoms with van der Waals surface area (Å²) in [6, 6.07) is 0.284. The van der Waals surface area contributed by atoms with Crippen LogP contribution in [0, 0.1) is 6.92 Å². The predicted octanol–water partition coefficient (Wildman–Crippen LogP) is 1.88. The van der Waals surface area contributed by atoms with E-state index in [1.165, 1.54) is 0 Å². The number of aromatic nitrogens is 2. The Bertz CT molecular complexity index is 437. The molecule has 15 heavy (non-hydrogen) atoms. The largest absolute Gasteiger partial charge is 0.267 e. The molecule has 0 spiro atoms. The fraction of sp³-hybridized carbons (Fsp3) is 0.667. The second-order valence-electron chi connectivity index (χ2n) is 3.79. The molecule has 0 aliphatic carbocycles. The highest BCUT2D eigenvalue weighted by atomic mass is 35.7. The molecule has 0 aliphatic heterocycles. The van der Waals surface area contributed by atoms with Crippen molar-refractivity contribution in [2.24, 2.45) is 0 Å². The number of halogens is 1. The summed E-state index contributed by atoms with van der Waals surface area (Å²) in [5.74, 6) is -0.0425. The zero-order valence-corrected chi connectivity index (χ0v) is 10.6. The summed E-state index contributed by atoms with van der Waals surface area (Å²) < 4.78 is 23.5. The van der Waals surface area contributed by atoms with Crippen LogP contribution in [0.3, 0.4) is 0 Å². The lowest BCUT2D eigenvalue weighted by atomic mass is 10.2. The maximum Gasteiger partial charge on any atom is 0.232 e. The van der Waals surface area contributed by atoms with E-state index >= 15 is 0 Å². The van der Waals surface area contributed by atoms with Gasteiger partial charge in [0, 0.05) is 22.4 Å². The molecule has 0 amide bonds. The van der Waals surface area contributed by atoms with E-state index in [9.17, 15) is 8.42 Å². The van der Waals surface area contributed by atoms with Gasteiger partial charge in [-0.3, -0.25) is 4.68 Å². The van der Waals surface area contributed by atoms with Crippen LogP contribution >= 0.6 is 10.7 Å². The van der Waals surface area contributed by atoms with Crippen LogP contribution in [-0.2, 0) is 15.5 Å². The van der Waals surface area contributed by atoms with Gasteiger partial charge in [-0.15, -0.1) is 0 Å². The lowest BCUT2D eigenvalue weighted by Gasteiger charge is -2.08. The first-order valence-electron chi connectivity index (χ1n) is 4.76. The molecule has 0 atom stereocenters. The summed E-state index contributed by atoms with van der Waals surface area (Å²) in [6.45, 7) is 5.99. The molecule has 0 saturated heterocycles. The van der Waals surface area contributed by atoms with Gasteiger partial charge in [-0.05, 0) is 32.8 Å². The van der Waals surface area contributed by atoms with E-state index in [1.54, 1.807) is 6.20 Å². The maximum atomic E-state index is 10.8. The topological polar surface area (TPSA) is 52.0 Å². The number of nitrogens with zero attached hydrogens (tertiary/aromatic N) is 2. The smallest absolute Gasteiger partial charge is 0.232 e. The van der Waals surface area contributed by atoms with Crippen molar-refractivity contribution in [1.29, 1.82) is 0 Å². The van der Waals surface area contributed by atoms with Crippen LogP contribution in [0.1, 0.15) is 31.1 Å². The van der Waals surface area contributed by atoms with Gasteiger partial charge in [0.15, 0.2) is 0 Å². The number of aryl methyl sites for hydroxylation is 1. The molecule has 0 N–H and O–H groups in total. The molecule has 4 nitrogen and oxygen atoms in total. The first-order chi connectivity index (χ1) is 6.81. The fourth-order valence-electron chi connectivity index (χ4n) is 1.46. The van der Waals surface area contributed by atoms with Gasteiger partial charge in [0.25, 0.3) is 0 Å². The summed E-state index contributed by atoms with van der Waals surface area (Å²) in [6.07, 6.45) is 2.13. The van der Waals surface area contributed by atoms with Gasteiger partial charge in [-0.1, -0.05) is 0 Å². The van der Waals surface area contributed by atoms with Crippen LogP contribution < -0.4 is 0 Å². The maximum absolute atomic E-state index is 10.8. The molecule has 0 saturated carbocycles. The molecule has 0 aliphatic rings. The third-order valence-electron chi connectivity index (χ3n) is 2.25. The third-order valence-corrected chi connectivity index (χ3v) is 3.41. The molecule has 1 aromatic heterocycles. The molecule has 6 heteroatoms. The van der Waals surface area contributed by atoms with Crippen molar-refractivity contribution in [3.05, 3.63) is 17.5 Å². The highest BCUT2D eigenvalue weighted by Gasteiger charge is 2.12. The zero-order chi connectivity index (χ0) is 11.6. The van der Waals surface area contributed by atoms with Crippen LogP contribution in [-0.4, -0.2) is 24.0 Å². The van der Waals surface area contributed by atoms with Crippen LogP contribution in [0.4, 0.5) is 0 Å². The minimum Gasteiger partial charge on any atom is -0.267 e. The average Bonchev–Trinajstić information content (AvgIpc) is 2.42. The van der Waals surface area contributed by atoms with E-state index in [1.807, 2.05) is 25.5 Å². The molecular formula is C9H15ClN2O2S.